The molecule has 50 heavy (non-hydrogen) atoms. The number of quaternary nitrogens is 1. The molecule has 0 saturated heterocycles. The largest absolute Gasteiger partial charge is 0.472 e. The van der Waals surface area contributed by atoms with Crippen molar-refractivity contribution < 1.29 is 46.8 Å². The first kappa shape index (κ1) is 48.7. The van der Waals surface area contributed by atoms with Crippen molar-refractivity contribution >= 4 is 19.8 Å². The minimum Gasteiger partial charge on any atom is -0.463 e. The molecular weight excluding hydrogens is 657 g/mol. The van der Waals surface area contributed by atoms with Crippen LogP contribution >= 0.6 is 7.82 Å². The third-order valence-corrected chi connectivity index (χ3v) is 9.56. The molecule has 0 fully saturated rings. The van der Waals surface area contributed by atoms with Gasteiger partial charge in [-0.25, -0.2) is 9.36 Å². The zero-order valence-electron chi connectivity index (χ0n) is 32.9. The summed E-state index contributed by atoms with van der Waals surface area (Å²) in [6, 6.07) is 0. The van der Waals surface area contributed by atoms with Crippen LogP contribution in [0.3, 0.4) is 0 Å². The number of carbonyl (C=O) groups excluding carboxylic acids is 2. The Kier molecular flexibility index (Phi) is 31.5. The Morgan fingerprint density at radius 2 is 1.10 bits per heavy atom. The molecule has 0 aromatic carbocycles. The second kappa shape index (κ2) is 32.4. The highest BCUT2D eigenvalue weighted by molar-refractivity contribution is 7.47. The van der Waals surface area contributed by atoms with Crippen molar-refractivity contribution in [3.63, 3.8) is 0 Å². The van der Waals surface area contributed by atoms with Crippen LogP contribution in [0.4, 0.5) is 0 Å². The molecule has 0 radical (unpaired) electrons. The van der Waals surface area contributed by atoms with E-state index in [9.17, 15) is 19.0 Å². The quantitative estimate of drug-likeness (QED) is 0.0219. The molecule has 0 aliphatic heterocycles. The first-order chi connectivity index (χ1) is 23.9. The number of phosphoric acid groups is 1. The summed E-state index contributed by atoms with van der Waals surface area (Å²) in [6.07, 6.45) is 25.4. The summed E-state index contributed by atoms with van der Waals surface area (Å²) >= 11 is 0. The predicted molar refractivity (Wildman–Crippen MR) is 203 cm³/mol. The zero-order chi connectivity index (χ0) is 37.4. The monoisotopic (exact) mass is 735 g/mol. The minimum absolute atomic E-state index is 0.0252. The van der Waals surface area contributed by atoms with Crippen LogP contribution in [0.15, 0.2) is 12.2 Å². The summed E-state index contributed by atoms with van der Waals surface area (Å²) in [5.41, 5.74) is 0.435. The molecule has 0 amide bonds. The number of ether oxygens (including phenoxy) is 3. The van der Waals surface area contributed by atoms with Crippen LogP contribution in [-0.4, -0.2) is 88.1 Å². The maximum absolute atomic E-state index is 12.4. The lowest BCUT2D eigenvalue weighted by Crippen LogP contribution is -2.37. The molecule has 0 aliphatic carbocycles. The average molecular weight is 735 g/mol. The van der Waals surface area contributed by atoms with Crippen LogP contribution in [0.2, 0.25) is 0 Å². The first-order valence-electron chi connectivity index (χ1n) is 19.9. The summed E-state index contributed by atoms with van der Waals surface area (Å²) in [6.45, 7) is 8.81. The number of rotatable bonds is 37. The normalized spacial score (nSPS) is 13.6. The number of phosphoric ester groups is 1. The van der Waals surface area contributed by atoms with E-state index in [2.05, 4.69) is 13.5 Å². The van der Waals surface area contributed by atoms with Crippen molar-refractivity contribution in [3.05, 3.63) is 12.2 Å². The number of esters is 2. The molecular formula is C39H77NO9P+. The fraction of sp³-hybridized carbons (Fsp3) is 0.897. The van der Waals surface area contributed by atoms with Crippen molar-refractivity contribution in [2.75, 3.05) is 60.7 Å². The molecule has 0 rings (SSSR count). The van der Waals surface area contributed by atoms with Crippen LogP contribution in [0.1, 0.15) is 162 Å². The van der Waals surface area contributed by atoms with E-state index in [-0.39, 0.29) is 31.8 Å². The molecule has 11 heteroatoms. The van der Waals surface area contributed by atoms with Gasteiger partial charge in [0, 0.05) is 18.6 Å². The number of nitrogens with zero attached hydrogens (tertiary/aromatic N) is 1. The topological polar surface area (TPSA) is 118 Å². The van der Waals surface area contributed by atoms with Gasteiger partial charge in [0.15, 0.2) is 0 Å². The molecule has 2 atom stereocenters. The van der Waals surface area contributed by atoms with Crippen LogP contribution in [0.25, 0.3) is 0 Å². The molecule has 0 aromatic rings. The van der Waals surface area contributed by atoms with Gasteiger partial charge in [-0.15, -0.1) is 0 Å². The number of carbonyl (C=O) groups is 2. The Morgan fingerprint density at radius 3 is 1.58 bits per heavy atom. The van der Waals surface area contributed by atoms with Crippen molar-refractivity contribution in [2.24, 2.45) is 0 Å². The SMILES string of the molecule is C=C(C)C(=O)OCCCCCCCCCCCO[C@H](COC(=O)CCCCCCCCCCCCCCC)COP(=O)(O)OCC[N+](C)(C)C. The second-order valence-corrected chi connectivity index (χ2v) is 16.3. The third kappa shape index (κ3) is 35.1. The van der Waals surface area contributed by atoms with E-state index in [0.717, 1.165) is 77.0 Å². The molecule has 0 heterocycles. The van der Waals surface area contributed by atoms with Crippen LogP contribution < -0.4 is 0 Å². The molecule has 0 spiro atoms. The Hall–Kier alpha value is -1.29. The Labute approximate surface area is 306 Å². The average Bonchev–Trinajstić information content (AvgIpc) is 3.05. The lowest BCUT2D eigenvalue weighted by molar-refractivity contribution is -0.870. The summed E-state index contributed by atoms with van der Waals surface area (Å²) in [5.74, 6) is -0.594. The van der Waals surface area contributed by atoms with E-state index in [4.69, 9.17) is 23.3 Å². The van der Waals surface area contributed by atoms with E-state index in [1.807, 2.05) is 21.1 Å². The van der Waals surface area contributed by atoms with Gasteiger partial charge in [-0.2, -0.15) is 0 Å². The summed E-state index contributed by atoms with van der Waals surface area (Å²) < 4.78 is 40.0. The molecule has 1 unspecified atom stereocenters. The Balaban J connectivity index is 4.26. The van der Waals surface area contributed by atoms with Gasteiger partial charge < -0.3 is 23.6 Å². The van der Waals surface area contributed by atoms with E-state index in [0.29, 0.717) is 36.2 Å². The highest BCUT2D eigenvalue weighted by Crippen LogP contribution is 2.43. The van der Waals surface area contributed by atoms with E-state index in [1.54, 1.807) is 6.92 Å². The van der Waals surface area contributed by atoms with Crippen molar-refractivity contribution in [3.8, 4) is 0 Å². The molecule has 0 aliphatic rings. The van der Waals surface area contributed by atoms with Gasteiger partial charge in [0.1, 0.15) is 25.9 Å². The van der Waals surface area contributed by atoms with Gasteiger partial charge in [0.2, 0.25) is 0 Å². The fourth-order valence-electron chi connectivity index (χ4n) is 5.31. The summed E-state index contributed by atoms with van der Waals surface area (Å²) in [5, 5.41) is 0. The standard InChI is InChI=1S/C39H76NO9P/c1-7-8-9-10-11-12-13-14-15-17-20-23-26-29-38(41)47-34-37(35-49-50(43,44)48-33-30-40(4,5)6)45-31-27-24-21-18-16-19-22-25-28-32-46-39(42)36(2)3/h37H,2,7-35H2,1,3-6H3/p+1/t37-/m1/s1. The number of hydrogen-bond acceptors (Lipinski definition) is 8. The number of hydrogen-bond donors (Lipinski definition) is 1. The molecule has 0 aromatic heterocycles. The molecule has 0 saturated carbocycles. The lowest BCUT2D eigenvalue weighted by atomic mass is 10.0. The first-order valence-corrected chi connectivity index (χ1v) is 21.4. The predicted octanol–water partition coefficient (Wildman–Crippen LogP) is 9.87. The van der Waals surface area contributed by atoms with Gasteiger partial charge in [-0.1, -0.05) is 135 Å². The van der Waals surface area contributed by atoms with E-state index in [1.165, 1.54) is 64.2 Å². The minimum atomic E-state index is -4.26. The molecule has 1 N–H and O–H groups in total. The lowest BCUT2D eigenvalue weighted by Gasteiger charge is -2.24. The van der Waals surface area contributed by atoms with Gasteiger partial charge in [0.25, 0.3) is 0 Å². The maximum atomic E-state index is 12.4. The molecule has 10 nitrogen and oxygen atoms in total. The summed E-state index contributed by atoms with van der Waals surface area (Å²) in [7, 11) is 1.65. The Morgan fingerprint density at radius 1 is 0.640 bits per heavy atom. The van der Waals surface area contributed by atoms with Crippen LogP contribution in [0.5, 0.6) is 0 Å². The third-order valence-electron chi connectivity index (χ3n) is 8.58. The van der Waals surface area contributed by atoms with E-state index < -0.39 is 13.9 Å². The van der Waals surface area contributed by atoms with Gasteiger partial charge >= 0.3 is 19.8 Å². The van der Waals surface area contributed by atoms with Gasteiger partial charge in [-0.05, 0) is 26.2 Å². The van der Waals surface area contributed by atoms with Crippen molar-refractivity contribution in [2.45, 2.75) is 168 Å². The second-order valence-electron chi connectivity index (χ2n) is 14.9. The number of likely N-dealkylation sites (N-methyl/N-ethyl adjacent to an activating group) is 1. The zero-order valence-corrected chi connectivity index (χ0v) is 33.8. The highest BCUT2D eigenvalue weighted by atomic mass is 31.2. The number of unbranched alkanes of at least 4 members (excludes halogenated alkanes) is 20. The van der Waals surface area contributed by atoms with Crippen LogP contribution in [-0.2, 0) is 37.4 Å². The molecule has 296 valence electrons. The van der Waals surface area contributed by atoms with Crippen molar-refractivity contribution in [1.29, 1.82) is 0 Å². The van der Waals surface area contributed by atoms with Gasteiger partial charge in [-0.3, -0.25) is 13.8 Å². The van der Waals surface area contributed by atoms with Crippen LogP contribution in [0, 0.1) is 0 Å². The summed E-state index contributed by atoms with van der Waals surface area (Å²) in [4.78, 5) is 34.0. The maximum Gasteiger partial charge on any atom is 0.472 e. The smallest absolute Gasteiger partial charge is 0.463 e. The van der Waals surface area contributed by atoms with Crippen molar-refractivity contribution in [1.82, 2.24) is 0 Å². The highest BCUT2D eigenvalue weighted by Gasteiger charge is 2.25. The van der Waals surface area contributed by atoms with Gasteiger partial charge in [0.05, 0.1) is 34.4 Å². The fourth-order valence-corrected chi connectivity index (χ4v) is 6.06. The van der Waals surface area contributed by atoms with E-state index >= 15 is 0 Å². The molecule has 0 bridgehead atoms. The Bertz CT molecular complexity index is 893.